The lowest BCUT2D eigenvalue weighted by Crippen LogP contribution is -1.94. The average molecular weight is 383 g/mol. The number of halogens is 2. The number of nitriles is 1. The van der Waals surface area contributed by atoms with E-state index in [9.17, 15) is 5.26 Å². The topological polar surface area (TPSA) is 74.5 Å². The molecule has 3 rings (SSSR count). The molecule has 0 saturated carbocycles. The van der Waals surface area contributed by atoms with Gasteiger partial charge in [0.2, 0.25) is 0 Å². The molecule has 2 aromatic carbocycles. The number of hydrogen-bond donors (Lipinski definition) is 1. The van der Waals surface area contributed by atoms with Gasteiger partial charge in [0.15, 0.2) is 0 Å². The Morgan fingerprint density at radius 1 is 1.15 bits per heavy atom. The highest BCUT2D eigenvalue weighted by atomic mass is 35.5. The molecular weight excluding hydrogens is 367 g/mol. The maximum atomic E-state index is 9.40. The summed E-state index contributed by atoms with van der Waals surface area (Å²) in [6.45, 7) is 0. The van der Waals surface area contributed by atoms with Gasteiger partial charge in [0.25, 0.3) is 0 Å². The zero-order valence-electron chi connectivity index (χ0n) is 13.9. The number of allylic oxidation sites excluding steroid dienone is 2. The molecule has 1 aliphatic rings. The molecule has 0 radical (unpaired) electrons. The SMILES string of the molecule is N#Cc1cc(C2=CCC(c3cc(Cl)cc(Cl)c3)C2)ccc1N=CN=CN. The van der Waals surface area contributed by atoms with Crippen LogP contribution in [0.15, 0.2) is 52.5 Å². The molecule has 130 valence electrons. The summed E-state index contributed by atoms with van der Waals surface area (Å²) in [5.74, 6) is 0.336. The van der Waals surface area contributed by atoms with Gasteiger partial charge in [0.1, 0.15) is 12.4 Å². The van der Waals surface area contributed by atoms with Gasteiger partial charge in [-0.05, 0) is 65.8 Å². The molecule has 0 aromatic heterocycles. The third-order valence-electron chi connectivity index (χ3n) is 4.31. The standard InChI is InChI=1S/C20H16Cl2N4/c21-18-7-16(8-19(22)9-18)15-2-1-13(5-15)14-3-4-20(17(6-14)10-23)26-12-25-11-24/h1,3-4,6-9,11-12,15H,2,5H2,(H2,24,25,26). The van der Waals surface area contributed by atoms with E-state index in [1.807, 2.05) is 30.3 Å². The normalized spacial score (nSPS) is 17.0. The molecule has 0 saturated heterocycles. The number of aliphatic imine (C=N–C) groups is 2. The van der Waals surface area contributed by atoms with Crippen molar-refractivity contribution in [2.75, 3.05) is 0 Å². The summed E-state index contributed by atoms with van der Waals surface area (Å²) in [5.41, 5.74) is 9.61. The Bertz CT molecular complexity index is 935. The number of rotatable bonds is 4. The van der Waals surface area contributed by atoms with Crippen LogP contribution in [0.3, 0.4) is 0 Å². The minimum Gasteiger partial charge on any atom is -0.390 e. The van der Waals surface area contributed by atoms with E-state index in [0.29, 0.717) is 27.2 Å². The summed E-state index contributed by atoms with van der Waals surface area (Å²) >= 11 is 12.2. The monoisotopic (exact) mass is 382 g/mol. The number of hydrogen-bond acceptors (Lipinski definition) is 2. The molecule has 2 N–H and O–H groups in total. The van der Waals surface area contributed by atoms with Crippen LogP contribution in [-0.2, 0) is 0 Å². The lowest BCUT2D eigenvalue weighted by Gasteiger charge is -2.12. The van der Waals surface area contributed by atoms with Gasteiger partial charge < -0.3 is 5.73 Å². The van der Waals surface area contributed by atoms with Crippen molar-refractivity contribution in [1.82, 2.24) is 0 Å². The Morgan fingerprint density at radius 2 is 1.92 bits per heavy atom. The summed E-state index contributed by atoms with van der Waals surface area (Å²) in [6.07, 6.45) is 6.47. The molecule has 1 atom stereocenters. The van der Waals surface area contributed by atoms with Crippen LogP contribution in [0.5, 0.6) is 0 Å². The highest BCUT2D eigenvalue weighted by molar-refractivity contribution is 6.34. The molecular formula is C20H16Cl2N4. The number of benzene rings is 2. The fraction of sp³-hybridized carbons (Fsp3) is 0.150. The van der Waals surface area contributed by atoms with E-state index in [4.69, 9.17) is 28.9 Å². The quantitative estimate of drug-likeness (QED) is 0.561. The van der Waals surface area contributed by atoms with Gasteiger partial charge in [0.05, 0.1) is 17.6 Å². The maximum Gasteiger partial charge on any atom is 0.117 e. The Hall–Kier alpha value is -2.61. The summed E-state index contributed by atoms with van der Waals surface area (Å²) in [7, 11) is 0. The van der Waals surface area contributed by atoms with E-state index >= 15 is 0 Å². The van der Waals surface area contributed by atoms with Gasteiger partial charge in [-0.2, -0.15) is 5.26 Å². The Labute approximate surface area is 162 Å². The van der Waals surface area contributed by atoms with Crippen molar-refractivity contribution in [2.45, 2.75) is 18.8 Å². The summed E-state index contributed by atoms with van der Waals surface area (Å²) in [4.78, 5) is 7.86. The fourth-order valence-corrected chi connectivity index (χ4v) is 3.63. The zero-order valence-corrected chi connectivity index (χ0v) is 15.4. The predicted octanol–water partition coefficient (Wildman–Crippen LogP) is 5.47. The third kappa shape index (κ3) is 4.13. The summed E-state index contributed by atoms with van der Waals surface area (Å²) in [6, 6.07) is 13.5. The van der Waals surface area contributed by atoms with Crippen LogP contribution in [0.1, 0.15) is 35.4 Å². The molecule has 0 aliphatic heterocycles. The van der Waals surface area contributed by atoms with E-state index in [-0.39, 0.29) is 0 Å². The molecule has 0 heterocycles. The van der Waals surface area contributed by atoms with Gasteiger partial charge in [-0.15, -0.1) is 0 Å². The van der Waals surface area contributed by atoms with E-state index < -0.39 is 0 Å². The highest BCUT2D eigenvalue weighted by Crippen LogP contribution is 2.40. The Kier molecular flexibility index (Phi) is 5.72. The van der Waals surface area contributed by atoms with Crippen molar-refractivity contribution in [1.29, 1.82) is 5.26 Å². The first-order chi connectivity index (χ1) is 12.6. The lowest BCUT2D eigenvalue weighted by atomic mass is 9.93. The summed E-state index contributed by atoms with van der Waals surface area (Å²) in [5, 5.41) is 10.7. The van der Waals surface area contributed by atoms with Crippen molar-refractivity contribution in [3.63, 3.8) is 0 Å². The van der Waals surface area contributed by atoms with Crippen molar-refractivity contribution in [3.8, 4) is 6.07 Å². The smallest absolute Gasteiger partial charge is 0.117 e. The van der Waals surface area contributed by atoms with E-state index in [1.165, 1.54) is 11.9 Å². The second-order valence-corrected chi connectivity index (χ2v) is 6.83. The molecule has 0 amide bonds. The molecule has 1 aliphatic carbocycles. The van der Waals surface area contributed by atoms with Crippen molar-refractivity contribution in [3.05, 3.63) is 69.2 Å². The molecule has 2 aromatic rings. The van der Waals surface area contributed by atoms with Crippen molar-refractivity contribution >= 4 is 47.1 Å². The molecule has 0 fully saturated rings. The fourth-order valence-electron chi connectivity index (χ4n) is 3.09. The van der Waals surface area contributed by atoms with Gasteiger partial charge in [-0.3, -0.25) is 0 Å². The van der Waals surface area contributed by atoms with Crippen molar-refractivity contribution in [2.24, 2.45) is 15.7 Å². The van der Waals surface area contributed by atoms with Crippen molar-refractivity contribution < 1.29 is 0 Å². The molecule has 4 nitrogen and oxygen atoms in total. The molecule has 26 heavy (non-hydrogen) atoms. The van der Waals surface area contributed by atoms with Gasteiger partial charge in [-0.25, -0.2) is 9.98 Å². The van der Waals surface area contributed by atoms with Gasteiger partial charge in [-0.1, -0.05) is 35.3 Å². The Balaban J connectivity index is 1.81. The third-order valence-corrected chi connectivity index (χ3v) is 4.75. The van der Waals surface area contributed by atoms with Crippen LogP contribution >= 0.6 is 23.2 Å². The molecule has 0 bridgehead atoms. The van der Waals surface area contributed by atoms with Crippen LogP contribution in [-0.4, -0.2) is 12.7 Å². The van der Waals surface area contributed by atoms with Crippen LogP contribution < -0.4 is 5.73 Å². The second-order valence-electron chi connectivity index (χ2n) is 5.96. The van der Waals surface area contributed by atoms with Crippen LogP contribution in [0.2, 0.25) is 10.0 Å². The largest absolute Gasteiger partial charge is 0.390 e. The van der Waals surface area contributed by atoms with Gasteiger partial charge >= 0.3 is 0 Å². The second kappa shape index (κ2) is 8.18. The zero-order chi connectivity index (χ0) is 18.5. The Morgan fingerprint density at radius 3 is 2.62 bits per heavy atom. The summed E-state index contributed by atoms with van der Waals surface area (Å²) < 4.78 is 0. The van der Waals surface area contributed by atoms with E-state index in [2.05, 4.69) is 22.1 Å². The molecule has 0 spiro atoms. The predicted molar refractivity (Wildman–Crippen MR) is 108 cm³/mol. The average Bonchev–Trinajstić information content (AvgIpc) is 3.11. The van der Waals surface area contributed by atoms with Crippen LogP contribution in [0, 0.1) is 11.3 Å². The minimum absolute atomic E-state index is 0.336. The molecule has 6 heteroatoms. The lowest BCUT2D eigenvalue weighted by molar-refractivity contribution is 0.759. The number of nitrogens with zero attached hydrogens (tertiary/aromatic N) is 3. The van der Waals surface area contributed by atoms with Gasteiger partial charge in [0, 0.05) is 10.0 Å². The first-order valence-electron chi connectivity index (χ1n) is 8.06. The van der Waals surface area contributed by atoms with Crippen LogP contribution in [0.4, 0.5) is 5.69 Å². The minimum atomic E-state index is 0.336. The van der Waals surface area contributed by atoms with E-state index in [0.717, 1.165) is 30.3 Å². The maximum absolute atomic E-state index is 9.40. The van der Waals surface area contributed by atoms with E-state index in [1.54, 1.807) is 6.07 Å². The highest BCUT2D eigenvalue weighted by Gasteiger charge is 2.21. The van der Waals surface area contributed by atoms with Crippen LogP contribution in [0.25, 0.3) is 5.57 Å². The first kappa shape index (κ1) is 18.2. The molecule has 1 unspecified atom stereocenters. The first-order valence-corrected chi connectivity index (χ1v) is 8.81. The number of nitrogens with two attached hydrogens (primary N) is 1.